The lowest BCUT2D eigenvalue weighted by atomic mass is 9.83. The third-order valence-electron chi connectivity index (χ3n) is 5.35. The van der Waals surface area contributed by atoms with E-state index in [2.05, 4.69) is 15.8 Å². The summed E-state index contributed by atoms with van der Waals surface area (Å²) < 4.78 is 10.7. The lowest BCUT2D eigenvalue weighted by molar-refractivity contribution is -0.128. The molecule has 3 N–H and O–H groups in total. The Labute approximate surface area is 169 Å². The topological polar surface area (TPSA) is 114 Å². The maximum atomic E-state index is 12.6. The van der Waals surface area contributed by atoms with E-state index in [1.54, 1.807) is 32.2 Å². The van der Waals surface area contributed by atoms with Crippen LogP contribution in [-0.4, -0.2) is 41.3 Å². The van der Waals surface area contributed by atoms with Crippen molar-refractivity contribution in [3.05, 3.63) is 46.8 Å². The lowest BCUT2D eigenvalue weighted by Crippen LogP contribution is -2.49. The Morgan fingerprint density at radius 1 is 1.28 bits per heavy atom. The SMILES string of the molecule is CO[C@@H]1C[C@@H](C(=O)NCc2cc(C)no2)CC[C@H]1NC(=O)c1ccc(O)cc1C. The van der Waals surface area contributed by atoms with E-state index in [0.717, 1.165) is 5.69 Å². The Bertz CT molecular complexity index is 879. The molecule has 0 bridgehead atoms. The number of hydrogen-bond donors (Lipinski definition) is 3. The number of carbonyl (C=O) groups excluding carboxylic acids is 2. The first-order chi connectivity index (χ1) is 13.9. The number of benzene rings is 1. The molecule has 1 saturated carbocycles. The van der Waals surface area contributed by atoms with Crippen molar-refractivity contribution in [3.63, 3.8) is 0 Å². The maximum absolute atomic E-state index is 12.6. The van der Waals surface area contributed by atoms with Crippen LogP contribution in [0.3, 0.4) is 0 Å². The molecule has 1 aliphatic rings. The van der Waals surface area contributed by atoms with E-state index in [1.807, 2.05) is 6.92 Å². The van der Waals surface area contributed by atoms with Gasteiger partial charge in [0.2, 0.25) is 5.91 Å². The van der Waals surface area contributed by atoms with Crippen molar-refractivity contribution in [1.29, 1.82) is 0 Å². The highest BCUT2D eigenvalue weighted by Crippen LogP contribution is 2.27. The van der Waals surface area contributed by atoms with Crippen molar-refractivity contribution in [3.8, 4) is 5.75 Å². The number of phenolic OH excluding ortho intramolecular Hbond substituents is 1. The van der Waals surface area contributed by atoms with Gasteiger partial charge in [0.15, 0.2) is 5.76 Å². The minimum absolute atomic E-state index is 0.0553. The second-order valence-corrected chi connectivity index (χ2v) is 7.52. The molecule has 1 aromatic heterocycles. The van der Waals surface area contributed by atoms with Crippen molar-refractivity contribution in [2.24, 2.45) is 5.92 Å². The fraction of sp³-hybridized carbons (Fsp3) is 0.476. The first-order valence-corrected chi connectivity index (χ1v) is 9.70. The van der Waals surface area contributed by atoms with Gasteiger partial charge in [-0.1, -0.05) is 5.16 Å². The Kier molecular flexibility index (Phi) is 6.53. The number of ether oxygens (including phenoxy) is 1. The highest BCUT2D eigenvalue weighted by atomic mass is 16.5. The van der Waals surface area contributed by atoms with Crippen molar-refractivity contribution in [1.82, 2.24) is 15.8 Å². The van der Waals surface area contributed by atoms with Gasteiger partial charge in [-0.15, -0.1) is 0 Å². The van der Waals surface area contributed by atoms with Gasteiger partial charge in [-0.05, 0) is 56.9 Å². The number of nitrogens with one attached hydrogen (secondary N) is 2. The summed E-state index contributed by atoms with van der Waals surface area (Å²) in [5.74, 6) is 0.288. The quantitative estimate of drug-likeness (QED) is 0.684. The first-order valence-electron chi connectivity index (χ1n) is 9.70. The molecule has 1 aromatic carbocycles. The smallest absolute Gasteiger partial charge is 0.251 e. The van der Waals surface area contributed by atoms with E-state index in [1.165, 1.54) is 6.07 Å². The Morgan fingerprint density at radius 3 is 2.72 bits per heavy atom. The molecular weight excluding hydrogens is 374 g/mol. The summed E-state index contributed by atoms with van der Waals surface area (Å²) in [5, 5.41) is 19.2. The van der Waals surface area contributed by atoms with Crippen LogP contribution in [0.2, 0.25) is 0 Å². The van der Waals surface area contributed by atoms with Crippen LogP contribution in [0.15, 0.2) is 28.8 Å². The van der Waals surface area contributed by atoms with E-state index in [4.69, 9.17) is 9.26 Å². The number of aryl methyl sites for hydroxylation is 2. The van der Waals surface area contributed by atoms with Crippen LogP contribution in [0.5, 0.6) is 5.75 Å². The first kappa shape index (κ1) is 20.9. The number of phenols is 1. The number of carbonyl (C=O) groups is 2. The third-order valence-corrected chi connectivity index (χ3v) is 5.35. The molecule has 0 spiro atoms. The van der Waals surface area contributed by atoms with Gasteiger partial charge in [0.25, 0.3) is 5.91 Å². The zero-order chi connectivity index (χ0) is 21.0. The molecule has 8 heteroatoms. The number of rotatable bonds is 6. The van der Waals surface area contributed by atoms with Crippen LogP contribution >= 0.6 is 0 Å². The summed E-state index contributed by atoms with van der Waals surface area (Å²) in [7, 11) is 1.59. The zero-order valence-corrected chi connectivity index (χ0v) is 16.9. The molecule has 3 atom stereocenters. The molecular formula is C21H27N3O5. The highest BCUT2D eigenvalue weighted by Gasteiger charge is 2.35. The average Bonchev–Trinajstić information content (AvgIpc) is 3.11. The van der Waals surface area contributed by atoms with Gasteiger partial charge in [-0.25, -0.2) is 0 Å². The van der Waals surface area contributed by atoms with Gasteiger partial charge in [-0.2, -0.15) is 0 Å². The number of hydrogen-bond acceptors (Lipinski definition) is 6. The van der Waals surface area contributed by atoms with Gasteiger partial charge in [0, 0.05) is 24.7 Å². The second-order valence-electron chi connectivity index (χ2n) is 7.52. The fourth-order valence-corrected chi connectivity index (χ4v) is 3.76. The summed E-state index contributed by atoms with van der Waals surface area (Å²) in [5.41, 5.74) is 1.99. The standard InChI is InChI=1S/C21H27N3O5/c1-12-8-15(25)5-6-17(12)21(27)23-18-7-4-14(10-19(18)28-3)20(26)22-11-16-9-13(2)24-29-16/h5-6,8-9,14,18-19,25H,4,7,10-11H2,1-3H3,(H,22,26)(H,23,27)/t14-,18+,19+/m0/s1. The summed E-state index contributed by atoms with van der Waals surface area (Å²) in [4.78, 5) is 25.2. The predicted octanol–water partition coefficient (Wildman–Crippen LogP) is 2.23. The molecule has 8 nitrogen and oxygen atoms in total. The average molecular weight is 401 g/mol. The molecule has 29 heavy (non-hydrogen) atoms. The van der Waals surface area contributed by atoms with Crippen LogP contribution in [0.4, 0.5) is 0 Å². The summed E-state index contributed by atoms with van der Waals surface area (Å²) in [6, 6.07) is 6.26. The summed E-state index contributed by atoms with van der Waals surface area (Å²) in [6.07, 6.45) is 1.56. The monoisotopic (exact) mass is 401 g/mol. The van der Waals surface area contributed by atoms with E-state index >= 15 is 0 Å². The van der Waals surface area contributed by atoms with Crippen LogP contribution < -0.4 is 10.6 Å². The van der Waals surface area contributed by atoms with Crippen LogP contribution in [0.25, 0.3) is 0 Å². The second kappa shape index (κ2) is 9.09. The molecule has 156 valence electrons. The van der Waals surface area contributed by atoms with E-state index < -0.39 is 0 Å². The molecule has 0 unspecified atom stereocenters. The molecule has 1 aliphatic carbocycles. The number of methoxy groups -OCH3 is 1. The maximum Gasteiger partial charge on any atom is 0.251 e. The van der Waals surface area contributed by atoms with Gasteiger partial charge < -0.3 is 25.0 Å². The van der Waals surface area contributed by atoms with Crippen LogP contribution in [0.1, 0.15) is 46.6 Å². The highest BCUT2D eigenvalue weighted by molar-refractivity contribution is 5.96. The van der Waals surface area contributed by atoms with Gasteiger partial charge in [0.05, 0.1) is 24.4 Å². The van der Waals surface area contributed by atoms with E-state index in [9.17, 15) is 14.7 Å². The zero-order valence-electron chi connectivity index (χ0n) is 16.9. The van der Waals surface area contributed by atoms with Gasteiger partial charge in [0.1, 0.15) is 5.75 Å². The minimum atomic E-state index is -0.256. The molecule has 0 aliphatic heterocycles. The third kappa shape index (κ3) is 5.14. The van der Waals surface area contributed by atoms with Gasteiger partial charge >= 0.3 is 0 Å². The largest absolute Gasteiger partial charge is 0.508 e. The molecule has 2 amide bonds. The minimum Gasteiger partial charge on any atom is -0.508 e. The fourth-order valence-electron chi connectivity index (χ4n) is 3.76. The van der Waals surface area contributed by atoms with Crippen molar-refractivity contribution >= 4 is 11.8 Å². The lowest BCUT2D eigenvalue weighted by Gasteiger charge is -2.35. The van der Waals surface area contributed by atoms with Crippen LogP contribution in [-0.2, 0) is 16.1 Å². The van der Waals surface area contributed by atoms with Crippen molar-refractivity contribution in [2.45, 2.75) is 51.8 Å². The Morgan fingerprint density at radius 2 is 2.07 bits per heavy atom. The number of amides is 2. The summed E-state index contributed by atoms with van der Waals surface area (Å²) >= 11 is 0. The molecule has 2 aromatic rings. The normalized spacial score (nSPS) is 21.6. The Balaban J connectivity index is 1.55. The van der Waals surface area contributed by atoms with Crippen LogP contribution in [0, 0.1) is 19.8 Å². The van der Waals surface area contributed by atoms with Crippen molar-refractivity contribution in [2.75, 3.05) is 7.11 Å². The molecule has 0 saturated heterocycles. The predicted molar refractivity (Wildman–Crippen MR) is 105 cm³/mol. The molecule has 3 rings (SSSR count). The van der Waals surface area contributed by atoms with E-state index in [0.29, 0.717) is 42.7 Å². The number of nitrogens with zero attached hydrogens (tertiary/aromatic N) is 1. The van der Waals surface area contributed by atoms with Gasteiger partial charge in [-0.3, -0.25) is 9.59 Å². The number of aromatic hydroxyl groups is 1. The molecule has 1 heterocycles. The molecule has 1 fully saturated rings. The van der Waals surface area contributed by atoms with E-state index in [-0.39, 0.29) is 35.6 Å². The van der Waals surface area contributed by atoms with Crippen molar-refractivity contribution < 1.29 is 24.0 Å². The summed E-state index contributed by atoms with van der Waals surface area (Å²) in [6.45, 7) is 3.90. The Hall–Kier alpha value is -2.87. The molecule has 0 radical (unpaired) electrons. The number of aromatic nitrogens is 1.